The summed E-state index contributed by atoms with van der Waals surface area (Å²) in [5.41, 5.74) is 6.62. The SMILES string of the molecule is O=C(CCCC(=O)NN=Cc1cccc(Br)c1)NN=Cc1cccc(Br)c1. The molecule has 8 heteroatoms. The van der Waals surface area contributed by atoms with Crippen LogP contribution in [-0.2, 0) is 9.59 Å². The van der Waals surface area contributed by atoms with Crippen molar-refractivity contribution in [2.24, 2.45) is 10.2 Å². The van der Waals surface area contributed by atoms with E-state index in [9.17, 15) is 9.59 Å². The Morgan fingerprint density at radius 2 is 1.26 bits per heavy atom. The lowest BCUT2D eigenvalue weighted by atomic mass is 10.2. The van der Waals surface area contributed by atoms with Gasteiger partial charge in [-0.2, -0.15) is 10.2 Å². The molecule has 27 heavy (non-hydrogen) atoms. The number of carbonyl (C=O) groups is 2. The van der Waals surface area contributed by atoms with Crippen molar-refractivity contribution >= 4 is 56.1 Å². The molecule has 0 aliphatic rings. The van der Waals surface area contributed by atoms with Crippen molar-refractivity contribution in [1.82, 2.24) is 10.9 Å². The van der Waals surface area contributed by atoms with Crippen molar-refractivity contribution in [2.75, 3.05) is 0 Å². The minimum absolute atomic E-state index is 0.207. The van der Waals surface area contributed by atoms with Crippen molar-refractivity contribution < 1.29 is 9.59 Å². The van der Waals surface area contributed by atoms with Crippen molar-refractivity contribution in [1.29, 1.82) is 0 Å². The highest BCUT2D eigenvalue weighted by atomic mass is 79.9. The van der Waals surface area contributed by atoms with Gasteiger partial charge in [-0.15, -0.1) is 0 Å². The molecule has 0 saturated heterocycles. The van der Waals surface area contributed by atoms with E-state index in [2.05, 4.69) is 52.9 Å². The number of benzene rings is 2. The Hall–Kier alpha value is -2.32. The van der Waals surface area contributed by atoms with Gasteiger partial charge in [0.2, 0.25) is 11.8 Å². The van der Waals surface area contributed by atoms with E-state index in [4.69, 9.17) is 0 Å². The van der Waals surface area contributed by atoms with Gasteiger partial charge in [0.25, 0.3) is 0 Å². The first-order valence-electron chi connectivity index (χ1n) is 8.18. The molecule has 0 aliphatic heterocycles. The predicted molar refractivity (Wildman–Crippen MR) is 114 cm³/mol. The van der Waals surface area contributed by atoms with E-state index in [1.54, 1.807) is 12.4 Å². The fraction of sp³-hybridized carbons (Fsp3) is 0.158. The Bertz CT molecular complexity index is 784. The van der Waals surface area contributed by atoms with Crippen LogP contribution in [0.2, 0.25) is 0 Å². The van der Waals surface area contributed by atoms with E-state index < -0.39 is 0 Å². The number of hydrazone groups is 2. The maximum absolute atomic E-state index is 11.7. The standard InChI is InChI=1S/C19H18Br2N4O2/c20-16-6-1-4-14(10-16)12-22-24-18(26)8-3-9-19(27)25-23-13-15-5-2-7-17(21)11-15/h1-2,4-7,10-13H,3,8-9H2,(H,24,26)(H,25,27). The van der Waals surface area contributed by atoms with Crippen LogP contribution in [0, 0.1) is 0 Å². The number of halogens is 2. The van der Waals surface area contributed by atoms with Gasteiger partial charge >= 0.3 is 0 Å². The first-order chi connectivity index (χ1) is 13.0. The third-order valence-electron chi connectivity index (χ3n) is 3.31. The fourth-order valence-electron chi connectivity index (χ4n) is 2.05. The molecule has 0 saturated carbocycles. The van der Waals surface area contributed by atoms with Gasteiger partial charge in [-0.25, -0.2) is 10.9 Å². The van der Waals surface area contributed by atoms with Crippen molar-refractivity contribution in [3.05, 3.63) is 68.6 Å². The molecule has 6 nitrogen and oxygen atoms in total. The maximum atomic E-state index is 11.7. The molecule has 0 radical (unpaired) electrons. The lowest BCUT2D eigenvalue weighted by Gasteiger charge is -2.01. The van der Waals surface area contributed by atoms with Crippen LogP contribution in [-0.4, -0.2) is 24.2 Å². The molecule has 140 valence electrons. The fourth-order valence-corrected chi connectivity index (χ4v) is 2.89. The number of nitrogens with one attached hydrogen (secondary N) is 2. The topological polar surface area (TPSA) is 82.9 Å². The van der Waals surface area contributed by atoms with Crippen molar-refractivity contribution in [3.8, 4) is 0 Å². The number of carbonyl (C=O) groups excluding carboxylic acids is 2. The zero-order valence-corrected chi connectivity index (χ0v) is 17.5. The van der Waals surface area contributed by atoms with Gasteiger partial charge in [-0.3, -0.25) is 9.59 Å². The number of hydrogen-bond donors (Lipinski definition) is 2. The summed E-state index contributed by atoms with van der Waals surface area (Å²) in [6, 6.07) is 15.1. The lowest BCUT2D eigenvalue weighted by Crippen LogP contribution is -2.20. The monoisotopic (exact) mass is 492 g/mol. The molecule has 0 aliphatic carbocycles. The molecule has 0 atom stereocenters. The van der Waals surface area contributed by atoms with Crippen LogP contribution >= 0.6 is 31.9 Å². The minimum Gasteiger partial charge on any atom is -0.273 e. The highest BCUT2D eigenvalue weighted by Gasteiger charge is 2.04. The Kier molecular flexibility index (Phi) is 8.86. The summed E-state index contributed by atoms with van der Waals surface area (Å²) in [4.78, 5) is 23.4. The second-order valence-electron chi connectivity index (χ2n) is 5.55. The van der Waals surface area contributed by atoms with Gasteiger partial charge in [-0.1, -0.05) is 56.1 Å². The summed E-state index contributed by atoms with van der Waals surface area (Å²) < 4.78 is 1.87. The summed E-state index contributed by atoms with van der Waals surface area (Å²) in [6.45, 7) is 0. The van der Waals surface area contributed by atoms with Crippen LogP contribution in [0.4, 0.5) is 0 Å². The summed E-state index contributed by atoms with van der Waals surface area (Å²) >= 11 is 6.73. The smallest absolute Gasteiger partial charge is 0.240 e. The predicted octanol–water partition coefficient (Wildman–Crippen LogP) is 3.98. The quantitative estimate of drug-likeness (QED) is 0.430. The van der Waals surface area contributed by atoms with Crippen LogP contribution in [0.15, 0.2) is 67.7 Å². The number of nitrogens with zero attached hydrogens (tertiary/aromatic N) is 2. The Morgan fingerprint density at radius 1 is 0.815 bits per heavy atom. The van der Waals surface area contributed by atoms with Crippen molar-refractivity contribution in [3.63, 3.8) is 0 Å². The summed E-state index contributed by atoms with van der Waals surface area (Å²) in [5, 5.41) is 7.79. The molecule has 0 aromatic heterocycles. The van der Waals surface area contributed by atoms with Crippen LogP contribution in [0.1, 0.15) is 30.4 Å². The average Bonchev–Trinajstić information content (AvgIpc) is 2.62. The van der Waals surface area contributed by atoms with E-state index >= 15 is 0 Å². The summed E-state index contributed by atoms with van der Waals surface area (Å²) in [6.07, 6.45) is 3.95. The normalized spacial score (nSPS) is 11.0. The van der Waals surface area contributed by atoms with E-state index in [0.29, 0.717) is 6.42 Å². The molecule has 0 unspecified atom stereocenters. The van der Waals surface area contributed by atoms with Gasteiger partial charge in [-0.05, 0) is 41.8 Å². The molecule has 2 rings (SSSR count). The zero-order valence-electron chi connectivity index (χ0n) is 14.4. The van der Waals surface area contributed by atoms with Gasteiger partial charge < -0.3 is 0 Å². The number of hydrogen-bond acceptors (Lipinski definition) is 4. The van der Waals surface area contributed by atoms with Gasteiger partial charge in [0, 0.05) is 21.8 Å². The molecule has 2 aromatic rings. The van der Waals surface area contributed by atoms with Gasteiger partial charge in [0.05, 0.1) is 12.4 Å². The van der Waals surface area contributed by atoms with E-state index in [0.717, 1.165) is 20.1 Å². The minimum atomic E-state index is -0.244. The van der Waals surface area contributed by atoms with E-state index in [-0.39, 0.29) is 24.7 Å². The lowest BCUT2D eigenvalue weighted by molar-refractivity contribution is -0.122. The first kappa shape index (κ1) is 21.0. The van der Waals surface area contributed by atoms with Crippen LogP contribution in [0.3, 0.4) is 0 Å². The Balaban J connectivity index is 1.63. The second kappa shape index (κ2) is 11.4. The van der Waals surface area contributed by atoms with Gasteiger partial charge in [0.15, 0.2) is 0 Å². The third-order valence-corrected chi connectivity index (χ3v) is 4.30. The number of amides is 2. The van der Waals surface area contributed by atoms with Crippen molar-refractivity contribution in [2.45, 2.75) is 19.3 Å². The highest BCUT2D eigenvalue weighted by Crippen LogP contribution is 2.10. The average molecular weight is 494 g/mol. The molecule has 0 spiro atoms. The molecule has 0 fully saturated rings. The first-order valence-corrected chi connectivity index (χ1v) is 9.76. The van der Waals surface area contributed by atoms with Crippen LogP contribution in [0.25, 0.3) is 0 Å². The zero-order chi connectivity index (χ0) is 19.5. The molecular formula is C19H18Br2N4O2. The van der Waals surface area contributed by atoms with Crippen LogP contribution < -0.4 is 10.9 Å². The molecule has 2 amide bonds. The maximum Gasteiger partial charge on any atom is 0.240 e. The molecule has 2 aromatic carbocycles. The van der Waals surface area contributed by atoms with E-state index in [1.807, 2.05) is 48.5 Å². The van der Waals surface area contributed by atoms with E-state index in [1.165, 1.54) is 0 Å². The second-order valence-corrected chi connectivity index (χ2v) is 7.38. The Labute approximate surface area is 174 Å². The Morgan fingerprint density at radius 3 is 1.67 bits per heavy atom. The molecule has 2 N–H and O–H groups in total. The molecular weight excluding hydrogens is 476 g/mol. The number of rotatable bonds is 8. The molecule has 0 heterocycles. The molecule has 0 bridgehead atoms. The van der Waals surface area contributed by atoms with Gasteiger partial charge in [0.1, 0.15) is 0 Å². The third kappa shape index (κ3) is 8.74. The summed E-state index contributed by atoms with van der Waals surface area (Å²) in [7, 11) is 0. The highest BCUT2D eigenvalue weighted by molar-refractivity contribution is 9.10. The van der Waals surface area contributed by atoms with Crippen LogP contribution in [0.5, 0.6) is 0 Å². The summed E-state index contributed by atoms with van der Waals surface area (Å²) in [5.74, 6) is -0.488. The largest absolute Gasteiger partial charge is 0.273 e.